The van der Waals surface area contributed by atoms with Crippen LogP contribution in [0.3, 0.4) is 0 Å². The highest BCUT2D eigenvalue weighted by atomic mass is 16.5. The monoisotopic (exact) mass is 529 g/mol. The van der Waals surface area contributed by atoms with Gasteiger partial charge < -0.3 is 4.74 Å². The van der Waals surface area contributed by atoms with Crippen LogP contribution in [0.5, 0.6) is 11.5 Å². The molecule has 0 saturated carbocycles. The number of benzene rings is 3. The Hall–Kier alpha value is -5.24. The van der Waals surface area contributed by atoms with Gasteiger partial charge in [0.1, 0.15) is 11.5 Å². The van der Waals surface area contributed by atoms with E-state index < -0.39 is 0 Å². The Kier molecular flexibility index (Phi) is 6.36. The lowest BCUT2D eigenvalue weighted by Gasteiger charge is -2.14. The van der Waals surface area contributed by atoms with Crippen molar-refractivity contribution in [2.75, 3.05) is 0 Å². The maximum Gasteiger partial charge on any atom is 0.266 e. The van der Waals surface area contributed by atoms with E-state index in [1.54, 1.807) is 17.0 Å². The van der Waals surface area contributed by atoms with Gasteiger partial charge in [-0.25, -0.2) is 0 Å². The molecule has 198 valence electrons. The average molecular weight is 530 g/mol. The van der Waals surface area contributed by atoms with Crippen LogP contribution in [0.1, 0.15) is 27.2 Å². The molecule has 0 spiro atoms. The maximum atomic E-state index is 13.4. The van der Waals surface area contributed by atoms with Gasteiger partial charge in [-0.15, -0.1) is 0 Å². The molecule has 8 nitrogen and oxygen atoms in total. The molecule has 3 heterocycles. The summed E-state index contributed by atoms with van der Waals surface area (Å²) in [5, 5.41) is 12.2. The zero-order valence-electron chi connectivity index (χ0n) is 22.4. The standard InChI is InChI=1S/C32H27N5O3/c1-20-13-21(2)37(25-7-5-4-6-8-25)32(39)31(20)29(38)14-22-9-11-26(12-10-22)40-30-15-23-19-35-36(3)28(23)16-27(30)24-17-33-34-18-24/h4-13,15-19H,14H2,1-3H3,(H,33,34). The molecule has 0 saturated heterocycles. The van der Waals surface area contributed by atoms with Gasteiger partial charge in [-0.05, 0) is 67.4 Å². The van der Waals surface area contributed by atoms with Gasteiger partial charge in [-0.2, -0.15) is 10.2 Å². The largest absolute Gasteiger partial charge is 0.457 e. The Morgan fingerprint density at radius 1 is 0.975 bits per heavy atom. The third kappa shape index (κ3) is 4.60. The van der Waals surface area contributed by atoms with E-state index in [2.05, 4.69) is 15.3 Å². The molecule has 0 bridgehead atoms. The molecule has 0 aliphatic rings. The van der Waals surface area contributed by atoms with Gasteiger partial charge in [0.2, 0.25) is 0 Å². The number of para-hydroxylation sites is 1. The Bertz CT molecular complexity index is 1900. The highest BCUT2D eigenvalue weighted by Gasteiger charge is 2.19. The number of carbonyl (C=O) groups is 1. The van der Waals surface area contributed by atoms with Crippen LogP contribution in [-0.2, 0) is 13.5 Å². The van der Waals surface area contributed by atoms with Crippen molar-refractivity contribution in [1.29, 1.82) is 0 Å². The minimum Gasteiger partial charge on any atom is -0.457 e. The van der Waals surface area contributed by atoms with Crippen molar-refractivity contribution >= 4 is 16.7 Å². The molecule has 0 unspecified atom stereocenters. The molecule has 0 fully saturated rings. The molecule has 0 radical (unpaired) electrons. The number of ether oxygens (including phenoxy) is 1. The van der Waals surface area contributed by atoms with E-state index in [9.17, 15) is 9.59 Å². The van der Waals surface area contributed by atoms with Crippen molar-refractivity contribution < 1.29 is 9.53 Å². The second-order valence-corrected chi connectivity index (χ2v) is 9.83. The van der Waals surface area contributed by atoms with E-state index in [0.717, 1.165) is 39.0 Å². The summed E-state index contributed by atoms with van der Waals surface area (Å²) in [6.45, 7) is 3.68. The molecule has 0 atom stereocenters. The highest BCUT2D eigenvalue weighted by molar-refractivity contribution is 5.98. The van der Waals surface area contributed by atoms with Gasteiger partial charge in [0.25, 0.3) is 5.56 Å². The first-order valence-electron chi connectivity index (χ1n) is 12.9. The Morgan fingerprint density at radius 2 is 1.75 bits per heavy atom. The summed E-state index contributed by atoms with van der Waals surface area (Å²) < 4.78 is 9.70. The van der Waals surface area contributed by atoms with Crippen LogP contribution in [-0.4, -0.2) is 30.3 Å². The van der Waals surface area contributed by atoms with E-state index in [0.29, 0.717) is 17.1 Å². The minimum absolute atomic E-state index is 0.107. The molecule has 0 aliphatic carbocycles. The number of nitrogens with one attached hydrogen (secondary N) is 1. The summed E-state index contributed by atoms with van der Waals surface area (Å²) in [7, 11) is 1.90. The molecule has 0 aliphatic heterocycles. The first-order chi connectivity index (χ1) is 19.4. The summed E-state index contributed by atoms with van der Waals surface area (Å²) in [6, 6.07) is 22.6. The zero-order chi connectivity index (χ0) is 27.8. The number of carbonyl (C=O) groups excluding carboxylic acids is 1. The van der Waals surface area contributed by atoms with Gasteiger partial charge in [-0.3, -0.25) is 23.9 Å². The quantitative estimate of drug-likeness (QED) is 0.258. The maximum absolute atomic E-state index is 13.4. The van der Waals surface area contributed by atoms with Gasteiger partial charge in [0.05, 0.1) is 23.5 Å². The normalized spacial score (nSPS) is 11.2. The van der Waals surface area contributed by atoms with Gasteiger partial charge >= 0.3 is 0 Å². The summed E-state index contributed by atoms with van der Waals surface area (Å²) in [4.78, 5) is 26.8. The number of H-pyrrole nitrogens is 1. The smallest absolute Gasteiger partial charge is 0.266 e. The molecule has 8 heteroatoms. The molecule has 3 aromatic heterocycles. The Labute approximate surface area is 230 Å². The summed E-state index contributed by atoms with van der Waals surface area (Å²) in [5.74, 6) is 1.08. The predicted octanol–water partition coefficient (Wildman–Crippen LogP) is 5.95. The fourth-order valence-electron chi connectivity index (χ4n) is 5.09. The van der Waals surface area contributed by atoms with Crippen molar-refractivity contribution in [3.05, 3.63) is 124 Å². The van der Waals surface area contributed by atoms with E-state index in [4.69, 9.17) is 4.74 Å². The van der Waals surface area contributed by atoms with Crippen molar-refractivity contribution in [2.24, 2.45) is 7.05 Å². The summed E-state index contributed by atoms with van der Waals surface area (Å²) in [6.07, 6.45) is 5.47. The number of aryl methyl sites for hydroxylation is 3. The zero-order valence-corrected chi connectivity index (χ0v) is 22.4. The van der Waals surface area contributed by atoms with Gasteiger partial charge in [0, 0.05) is 47.6 Å². The first kappa shape index (κ1) is 25.1. The topological polar surface area (TPSA) is 94.8 Å². The second kappa shape index (κ2) is 10.1. The number of ketones is 1. The highest BCUT2D eigenvalue weighted by Crippen LogP contribution is 2.36. The Morgan fingerprint density at radius 3 is 2.48 bits per heavy atom. The number of pyridine rings is 1. The number of aromatic amines is 1. The van der Waals surface area contributed by atoms with Crippen molar-refractivity contribution in [2.45, 2.75) is 20.3 Å². The minimum atomic E-state index is -0.300. The number of rotatable bonds is 7. The number of hydrogen-bond donors (Lipinski definition) is 1. The number of hydrogen-bond acceptors (Lipinski definition) is 5. The number of nitrogens with zero attached hydrogens (tertiary/aromatic N) is 4. The lowest BCUT2D eigenvalue weighted by atomic mass is 9.99. The lowest BCUT2D eigenvalue weighted by molar-refractivity contribution is 0.0990. The molecular formula is C32H27N5O3. The van der Waals surface area contributed by atoms with Crippen LogP contribution in [0.2, 0.25) is 0 Å². The van der Waals surface area contributed by atoms with Crippen molar-refractivity contribution in [3.8, 4) is 28.3 Å². The van der Waals surface area contributed by atoms with Gasteiger partial charge in [0.15, 0.2) is 5.78 Å². The molecule has 6 rings (SSSR count). The molecule has 40 heavy (non-hydrogen) atoms. The van der Waals surface area contributed by atoms with E-state index in [1.807, 2.05) is 105 Å². The van der Waals surface area contributed by atoms with Crippen LogP contribution >= 0.6 is 0 Å². The molecule has 3 aromatic carbocycles. The first-order valence-corrected chi connectivity index (χ1v) is 12.9. The van der Waals surface area contributed by atoms with Crippen LogP contribution in [0, 0.1) is 13.8 Å². The molecule has 6 aromatic rings. The number of Topliss-reactive ketones (excluding diaryl/α,β-unsaturated/α-hetero) is 1. The van der Waals surface area contributed by atoms with Crippen molar-refractivity contribution in [3.63, 3.8) is 0 Å². The van der Waals surface area contributed by atoms with Crippen LogP contribution < -0.4 is 10.3 Å². The summed E-state index contributed by atoms with van der Waals surface area (Å²) in [5.41, 5.74) is 5.66. The second-order valence-electron chi connectivity index (χ2n) is 9.83. The summed E-state index contributed by atoms with van der Waals surface area (Å²) >= 11 is 0. The van der Waals surface area contributed by atoms with Gasteiger partial charge in [-0.1, -0.05) is 30.3 Å². The Balaban J connectivity index is 1.26. The third-order valence-corrected chi connectivity index (χ3v) is 7.06. The predicted molar refractivity (Wildman–Crippen MR) is 154 cm³/mol. The van der Waals surface area contributed by atoms with E-state index in [1.165, 1.54) is 0 Å². The average Bonchev–Trinajstić information content (AvgIpc) is 3.60. The molecular weight excluding hydrogens is 502 g/mol. The fraction of sp³-hybridized carbons (Fsp3) is 0.125. The fourth-order valence-corrected chi connectivity index (χ4v) is 5.09. The molecule has 0 amide bonds. The van der Waals surface area contributed by atoms with E-state index in [-0.39, 0.29) is 23.3 Å². The lowest BCUT2D eigenvalue weighted by Crippen LogP contribution is -2.29. The molecule has 1 N–H and O–H groups in total. The van der Waals surface area contributed by atoms with Crippen LogP contribution in [0.25, 0.3) is 27.7 Å². The number of fused-ring (bicyclic) bond motifs is 1. The number of aromatic nitrogens is 5. The van der Waals surface area contributed by atoms with Crippen molar-refractivity contribution in [1.82, 2.24) is 24.5 Å². The van der Waals surface area contributed by atoms with Crippen LogP contribution in [0.4, 0.5) is 0 Å². The SMILES string of the molecule is Cc1cc(C)n(-c2ccccc2)c(=O)c1C(=O)Cc1ccc(Oc2cc3cnn(C)c3cc2-c2cn[nH]c2)cc1. The van der Waals surface area contributed by atoms with E-state index >= 15 is 0 Å². The van der Waals surface area contributed by atoms with Crippen LogP contribution in [0.15, 0.2) is 96.2 Å². The third-order valence-electron chi connectivity index (χ3n) is 7.06.